The Hall–Kier alpha value is -1.68. The lowest BCUT2D eigenvalue weighted by molar-refractivity contribution is 0.141. The Morgan fingerprint density at radius 3 is 2.75 bits per heavy atom. The van der Waals surface area contributed by atoms with E-state index in [4.69, 9.17) is 0 Å². The summed E-state index contributed by atoms with van der Waals surface area (Å²) in [6.45, 7) is 3.01. The van der Waals surface area contributed by atoms with Crippen molar-refractivity contribution in [2.45, 2.75) is 31.8 Å². The molecule has 0 aliphatic carbocycles. The molecule has 0 radical (unpaired) electrons. The number of piperidine rings is 1. The Balaban J connectivity index is 1.68. The molecule has 0 N–H and O–H groups in total. The molecule has 0 saturated carbocycles. The van der Waals surface area contributed by atoms with E-state index in [9.17, 15) is 4.39 Å². The van der Waals surface area contributed by atoms with Gasteiger partial charge in [-0.05, 0) is 43.1 Å². The van der Waals surface area contributed by atoms with Crippen molar-refractivity contribution in [2.24, 2.45) is 0 Å². The Labute approximate surface area is 119 Å². The second-order valence-corrected chi connectivity index (χ2v) is 5.37. The summed E-state index contributed by atoms with van der Waals surface area (Å²) < 4.78 is 15.0. The van der Waals surface area contributed by atoms with Crippen LogP contribution in [-0.4, -0.2) is 27.8 Å². The lowest BCUT2D eigenvalue weighted by Gasteiger charge is -2.36. The van der Waals surface area contributed by atoms with Crippen LogP contribution in [0.1, 0.15) is 30.9 Å². The van der Waals surface area contributed by atoms with Crippen molar-refractivity contribution in [3.05, 3.63) is 54.1 Å². The quantitative estimate of drug-likeness (QED) is 0.852. The fraction of sp³-hybridized carbons (Fsp3) is 0.438. The minimum absolute atomic E-state index is 0.160. The van der Waals surface area contributed by atoms with Gasteiger partial charge in [0.15, 0.2) is 0 Å². The monoisotopic (exact) mass is 273 g/mol. The van der Waals surface area contributed by atoms with Crippen molar-refractivity contribution < 1.29 is 4.39 Å². The first-order valence-corrected chi connectivity index (χ1v) is 7.30. The third kappa shape index (κ3) is 3.07. The van der Waals surface area contributed by atoms with Crippen molar-refractivity contribution in [1.82, 2.24) is 14.7 Å². The van der Waals surface area contributed by atoms with Gasteiger partial charge in [0.05, 0.1) is 6.54 Å². The van der Waals surface area contributed by atoms with Crippen LogP contribution < -0.4 is 0 Å². The zero-order valence-corrected chi connectivity index (χ0v) is 11.6. The van der Waals surface area contributed by atoms with Crippen LogP contribution in [0.3, 0.4) is 0 Å². The molecular formula is C16H20FN3. The molecule has 1 saturated heterocycles. The zero-order valence-electron chi connectivity index (χ0n) is 11.6. The molecule has 3 rings (SSSR count). The molecule has 3 nitrogen and oxygen atoms in total. The van der Waals surface area contributed by atoms with E-state index in [2.05, 4.69) is 10.00 Å². The molecule has 0 spiro atoms. The molecule has 0 unspecified atom stereocenters. The summed E-state index contributed by atoms with van der Waals surface area (Å²) in [5.74, 6) is -0.160. The lowest BCUT2D eigenvalue weighted by Crippen LogP contribution is -2.35. The average Bonchev–Trinajstić information content (AvgIpc) is 3.00. The molecule has 20 heavy (non-hydrogen) atoms. The number of hydrogen-bond donors (Lipinski definition) is 0. The summed E-state index contributed by atoms with van der Waals surface area (Å²) in [6.07, 6.45) is 7.46. The summed E-state index contributed by atoms with van der Waals surface area (Å²) in [5.41, 5.74) is 1.23. The molecule has 1 aromatic heterocycles. The normalized spacial score (nSPS) is 20.1. The highest BCUT2D eigenvalue weighted by atomic mass is 19.1. The maximum Gasteiger partial charge on any atom is 0.123 e. The molecule has 0 bridgehead atoms. The number of rotatable bonds is 4. The van der Waals surface area contributed by atoms with Crippen LogP contribution in [0.25, 0.3) is 0 Å². The molecule has 1 fully saturated rings. The van der Waals surface area contributed by atoms with Gasteiger partial charge >= 0.3 is 0 Å². The third-order valence-corrected chi connectivity index (χ3v) is 4.04. The molecule has 1 atom stereocenters. The zero-order chi connectivity index (χ0) is 13.8. The maximum absolute atomic E-state index is 13.1. The Morgan fingerprint density at radius 2 is 2.00 bits per heavy atom. The second-order valence-electron chi connectivity index (χ2n) is 5.37. The Morgan fingerprint density at radius 1 is 1.15 bits per heavy atom. The van der Waals surface area contributed by atoms with Crippen LogP contribution in [0.5, 0.6) is 0 Å². The van der Waals surface area contributed by atoms with E-state index in [1.165, 1.54) is 18.4 Å². The summed E-state index contributed by atoms with van der Waals surface area (Å²) in [7, 11) is 0. The predicted molar refractivity (Wildman–Crippen MR) is 76.8 cm³/mol. The van der Waals surface area contributed by atoms with Gasteiger partial charge in [-0.2, -0.15) is 5.10 Å². The topological polar surface area (TPSA) is 21.1 Å². The molecular weight excluding hydrogens is 253 g/mol. The van der Waals surface area contributed by atoms with Gasteiger partial charge in [-0.3, -0.25) is 9.58 Å². The molecule has 1 aliphatic rings. The van der Waals surface area contributed by atoms with E-state index < -0.39 is 0 Å². The van der Waals surface area contributed by atoms with Crippen LogP contribution in [-0.2, 0) is 6.54 Å². The first-order chi connectivity index (χ1) is 9.83. The van der Waals surface area contributed by atoms with E-state index in [0.29, 0.717) is 6.04 Å². The molecule has 2 aromatic rings. The van der Waals surface area contributed by atoms with Crippen molar-refractivity contribution in [1.29, 1.82) is 0 Å². The highest BCUT2D eigenvalue weighted by Gasteiger charge is 2.23. The van der Waals surface area contributed by atoms with Crippen LogP contribution in [0.2, 0.25) is 0 Å². The number of nitrogens with zero attached hydrogens (tertiary/aromatic N) is 3. The minimum Gasteiger partial charge on any atom is -0.294 e. The van der Waals surface area contributed by atoms with Crippen LogP contribution in [0.15, 0.2) is 42.7 Å². The maximum atomic E-state index is 13.1. The first-order valence-electron chi connectivity index (χ1n) is 7.30. The van der Waals surface area contributed by atoms with Gasteiger partial charge in [-0.15, -0.1) is 0 Å². The molecule has 4 heteroatoms. The van der Waals surface area contributed by atoms with Crippen LogP contribution >= 0.6 is 0 Å². The smallest absolute Gasteiger partial charge is 0.123 e. The average molecular weight is 273 g/mol. The van der Waals surface area contributed by atoms with E-state index in [1.807, 2.05) is 35.3 Å². The molecule has 106 valence electrons. The summed E-state index contributed by atoms with van der Waals surface area (Å²) in [5, 5.41) is 4.25. The summed E-state index contributed by atoms with van der Waals surface area (Å²) in [4.78, 5) is 2.50. The molecule has 2 heterocycles. The van der Waals surface area contributed by atoms with Gasteiger partial charge in [0.25, 0.3) is 0 Å². The van der Waals surface area contributed by atoms with Crippen LogP contribution in [0.4, 0.5) is 4.39 Å². The van der Waals surface area contributed by atoms with Crippen molar-refractivity contribution >= 4 is 0 Å². The van der Waals surface area contributed by atoms with Gasteiger partial charge in [0.1, 0.15) is 5.82 Å². The van der Waals surface area contributed by atoms with Gasteiger partial charge in [0, 0.05) is 25.0 Å². The van der Waals surface area contributed by atoms with Crippen molar-refractivity contribution in [3.63, 3.8) is 0 Å². The van der Waals surface area contributed by atoms with Gasteiger partial charge in [-0.1, -0.05) is 18.6 Å². The van der Waals surface area contributed by atoms with Crippen LogP contribution in [0, 0.1) is 5.82 Å². The van der Waals surface area contributed by atoms with E-state index >= 15 is 0 Å². The minimum atomic E-state index is -0.160. The van der Waals surface area contributed by atoms with E-state index in [0.717, 1.165) is 26.1 Å². The first kappa shape index (κ1) is 13.3. The third-order valence-electron chi connectivity index (χ3n) is 4.04. The second kappa shape index (κ2) is 6.18. The predicted octanol–water partition coefficient (Wildman–Crippen LogP) is 3.25. The van der Waals surface area contributed by atoms with Gasteiger partial charge in [0.2, 0.25) is 0 Å². The van der Waals surface area contributed by atoms with Crippen molar-refractivity contribution in [2.75, 3.05) is 13.1 Å². The number of aromatic nitrogens is 2. The number of hydrogen-bond acceptors (Lipinski definition) is 2. The fourth-order valence-corrected chi connectivity index (χ4v) is 2.98. The number of benzene rings is 1. The molecule has 1 aliphatic heterocycles. The number of halogens is 1. The summed E-state index contributed by atoms with van der Waals surface area (Å²) >= 11 is 0. The Kier molecular flexibility index (Phi) is 4.11. The standard InChI is InChI=1S/C16H20FN3/c17-15-7-5-14(6-8-15)16-4-1-2-10-19(16)12-13-20-11-3-9-18-20/h3,5-9,11,16H,1-2,4,10,12-13H2/t16-/m1/s1. The number of likely N-dealkylation sites (tertiary alicyclic amines) is 1. The van der Waals surface area contributed by atoms with E-state index in [-0.39, 0.29) is 5.82 Å². The highest BCUT2D eigenvalue weighted by Crippen LogP contribution is 2.30. The largest absolute Gasteiger partial charge is 0.294 e. The molecule has 0 amide bonds. The van der Waals surface area contributed by atoms with Gasteiger partial charge in [-0.25, -0.2) is 4.39 Å². The fourth-order valence-electron chi connectivity index (χ4n) is 2.98. The molecule has 1 aromatic carbocycles. The highest BCUT2D eigenvalue weighted by molar-refractivity contribution is 5.20. The Bertz CT molecular complexity index is 521. The lowest BCUT2D eigenvalue weighted by atomic mass is 9.95. The van der Waals surface area contributed by atoms with Crippen molar-refractivity contribution in [3.8, 4) is 0 Å². The van der Waals surface area contributed by atoms with E-state index in [1.54, 1.807) is 12.1 Å². The SMILES string of the molecule is Fc1ccc([C@H]2CCCCN2CCn2cccn2)cc1. The van der Waals surface area contributed by atoms with Gasteiger partial charge < -0.3 is 0 Å². The summed E-state index contributed by atoms with van der Waals surface area (Å²) in [6, 6.07) is 9.34.